The highest BCUT2D eigenvalue weighted by Gasteiger charge is 2.10. The highest BCUT2D eigenvalue weighted by molar-refractivity contribution is 6.31. The second kappa shape index (κ2) is 4.03. The van der Waals surface area contributed by atoms with Gasteiger partial charge in [0.05, 0.1) is 0 Å². The summed E-state index contributed by atoms with van der Waals surface area (Å²) in [6.45, 7) is 8.01. The molecule has 56 valence electrons. The van der Waals surface area contributed by atoms with E-state index in [2.05, 4.69) is 20.8 Å². The molecule has 0 radical (unpaired) electrons. The summed E-state index contributed by atoms with van der Waals surface area (Å²) in [6, 6.07) is 0. The van der Waals surface area contributed by atoms with E-state index in [-0.39, 0.29) is 9.76 Å². The highest BCUT2D eigenvalue weighted by atomic mass is 28.2. The molecule has 0 aromatic heterocycles. The fourth-order valence-electron chi connectivity index (χ4n) is 0.462. The Morgan fingerprint density at radius 3 is 2.33 bits per heavy atom. The minimum Gasteiger partial charge on any atom is -0.422 e. The minimum absolute atomic E-state index is 0.341. The van der Waals surface area contributed by atoms with E-state index in [1.165, 1.54) is 0 Å². The summed E-state index contributed by atoms with van der Waals surface area (Å²) < 4.78 is 5.36. The first-order valence-corrected chi connectivity index (χ1v) is 4.62. The second-order valence-electron chi connectivity index (χ2n) is 3.40. The number of nitrogens with two attached hydrogens (primary N) is 1. The molecule has 0 aliphatic heterocycles. The standard InChI is InChI=1S/C6H17NOSi/c1-6(2,3)9-8-5-4-7/h4-5,7,9H2,1-3H3. The predicted octanol–water partition coefficient (Wildman–Crippen LogP) is 0.264. The van der Waals surface area contributed by atoms with Gasteiger partial charge < -0.3 is 10.2 Å². The summed E-state index contributed by atoms with van der Waals surface area (Å²) in [7, 11) is -0.341. The zero-order chi connectivity index (χ0) is 7.33. The maximum atomic E-state index is 5.36. The molecule has 2 nitrogen and oxygen atoms in total. The summed E-state index contributed by atoms with van der Waals surface area (Å²) in [5.41, 5.74) is 5.26. The molecule has 9 heavy (non-hydrogen) atoms. The molecule has 0 heterocycles. The van der Waals surface area contributed by atoms with Crippen molar-refractivity contribution >= 4 is 9.76 Å². The predicted molar refractivity (Wildman–Crippen MR) is 43.3 cm³/mol. The van der Waals surface area contributed by atoms with Crippen molar-refractivity contribution in [3.8, 4) is 0 Å². The van der Waals surface area contributed by atoms with E-state index in [9.17, 15) is 0 Å². The lowest BCUT2D eigenvalue weighted by atomic mass is 10.3. The molecular formula is C6H17NOSi. The van der Waals surface area contributed by atoms with Gasteiger partial charge in [0.2, 0.25) is 0 Å². The molecule has 0 rings (SSSR count). The first-order chi connectivity index (χ1) is 4.06. The molecule has 0 aromatic rings. The fraction of sp³-hybridized carbons (Fsp3) is 1.00. The molecule has 0 unspecified atom stereocenters. The third-order valence-corrected chi connectivity index (χ3v) is 2.16. The van der Waals surface area contributed by atoms with Crippen molar-refractivity contribution in [2.75, 3.05) is 13.2 Å². The first kappa shape index (κ1) is 9.14. The van der Waals surface area contributed by atoms with Crippen molar-refractivity contribution in [1.82, 2.24) is 0 Å². The van der Waals surface area contributed by atoms with Gasteiger partial charge in [0.25, 0.3) is 0 Å². The average Bonchev–Trinajstić information content (AvgIpc) is 1.63. The molecule has 0 amide bonds. The van der Waals surface area contributed by atoms with Crippen LogP contribution < -0.4 is 5.73 Å². The second-order valence-corrected chi connectivity index (χ2v) is 6.22. The topological polar surface area (TPSA) is 35.2 Å². The molecule has 0 saturated carbocycles. The summed E-state index contributed by atoms with van der Waals surface area (Å²) in [5, 5.41) is 0.412. The van der Waals surface area contributed by atoms with E-state index in [1.54, 1.807) is 0 Å². The third-order valence-electron chi connectivity index (χ3n) is 0.797. The van der Waals surface area contributed by atoms with Gasteiger partial charge >= 0.3 is 0 Å². The maximum Gasteiger partial charge on any atom is 0.166 e. The van der Waals surface area contributed by atoms with Gasteiger partial charge in [-0.2, -0.15) is 0 Å². The maximum absolute atomic E-state index is 5.36. The molecule has 0 saturated heterocycles. The fourth-order valence-corrected chi connectivity index (χ4v) is 1.39. The lowest BCUT2D eigenvalue weighted by Crippen LogP contribution is -2.17. The molecule has 0 aliphatic rings. The van der Waals surface area contributed by atoms with Crippen LogP contribution in [-0.2, 0) is 4.43 Å². The lowest BCUT2D eigenvalue weighted by Gasteiger charge is -2.16. The molecule has 0 bridgehead atoms. The van der Waals surface area contributed by atoms with Crippen molar-refractivity contribution in [2.45, 2.75) is 25.8 Å². The zero-order valence-corrected chi connectivity index (χ0v) is 8.02. The van der Waals surface area contributed by atoms with Crippen LogP contribution in [-0.4, -0.2) is 22.9 Å². The van der Waals surface area contributed by atoms with Gasteiger partial charge in [-0.05, 0) is 5.04 Å². The van der Waals surface area contributed by atoms with Crippen LogP contribution in [0.4, 0.5) is 0 Å². The molecule has 3 heteroatoms. The van der Waals surface area contributed by atoms with E-state index in [0.29, 0.717) is 11.6 Å². The molecular weight excluding hydrogens is 130 g/mol. The quantitative estimate of drug-likeness (QED) is 0.459. The Labute approximate surface area is 59.7 Å². The van der Waals surface area contributed by atoms with Crippen LogP contribution in [0.3, 0.4) is 0 Å². The number of hydrogen-bond donors (Lipinski definition) is 1. The molecule has 0 spiro atoms. The van der Waals surface area contributed by atoms with E-state index in [4.69, 9.17) is 10.2 Å². The zero-order valence-electron chi connectivity index (χ0n) is 6.61. The highest BCUT2D eigenvalue weighted by Crippen LogP contribution is 2.19. The van der Waals surface area contributed by atoms with Crippen LogP contribution in [0.1, 0.15) is 20.8 Å². The smallest absolute Gasteiger partial charge is 0.166 e. The Bertz CT molecular complexity index is 69.9. The average molecular weight is 147 g/mol. The van der Waals surface area contributed by atoms with Gasteiger partial charge in [-0.15, -0.1) is 0 Å². The van der Waals surface area contributed by atoms with Gasteiger partial charge in [-0.25, -0.2) is 0 Å². The largest absolute Gasteiger partial charge is 0.422 e. The summed E-state index contributed by atoms with van der Waals surface area (Å²) in [5.74, 6) is 0. The Balaban J connectivity index is 3.07. The van der Waals surface area contributed by atoms with Gasteiger partial charge in [0.1, 0.15) is 0 Å². The van der Waals surface area contributed by atoms with Crippen LogP contribution in [0.5, 0.6) is 0 Å². The van der Waals surface area contributed by atoms with Gasteiger partial charge in [0.15, 0.2) is 9.76 Å². The molecule has 0 aliphatic carbocycles. The van der Waals surface area contributed by atoms with E-state index < -0.39 is 0 Å². The van der Waals surface area contributed by atoms with E-state index in [0.717, 1.165) is 6.61 Å². The van der Waals surface area contributed by atoms with Crippen LogP contribution in [0, 0.1) is 0 Å². The molecule has 0 aromatic carbocycles. The Hall–Kier alpha value is 0.137. The van der Waals surface area contributed by atoms with Crippen LogP contribution >= 0.6 is 0 Å². The van der Waals surface area contributed by atoms with Crippen LogP contribution in [0.15, 0.2) is 0 Å². The third kappa shape index (κ3) is 8.14. The van der Waals surface area contributed by atoms with Crippen molar-refractivity contribution in [1.29, 1.82) is 0 Å². The lowest BCUT2D eigenvalue weighted by molar-refractivity contribution is 0.331. The first-order valence-electron chi connectivity index (χ1n) is 3.34. The number of hydrogen-bond acceptors (Lipinski definition) is 2. The van der Waals surface area contributed by atoms with Crippen molar-refractivity contribution in [2.24, 2.45) is 5.73 Å². The summed E-state index contributed by atoms with van der Waals surface area (Å²) in [4.78, 5) is 0. The van der Waals surface area contributed by atoms with E-state index >= 15 is 0 Å². The van der Waals surface area contributed by atoms with Crippen LogP contribution in [0.25, 0.3) is 0 Å². The van der Waals surface area contributed by atoms with Crippen molar-refractivity contribution < 1.29 is 4.43 Å². The minimum atomic E-state index is -0.341. The van der Waals surface area contributed by atoms with E-state index in [1.807, 2.05) is 0 Å². The molecule has 0 fully saturated rings. The SMILES string of the molecule is CC(C)(C)[SiH2]OCCN. The van der Waals surface area contributed by atoms with Gasteiger partial charge in [-0.3, -0.25) is 0 Å². The summed E-state index contributed by atoms with van der Waals surface area (Å²) in [6.07, 6.45) is 0. The Morgan fingerprint density at radius 1 is 1.44 bits per heavy atom. The van der Waals surface area contributed by atoms with Crippen molar-refractivity contribution in [3.63, 3.8) is 0 Å². The summed E-state index contributed by atoms with van der Waals surface area (Å²) >= 11 is 0. The monoisotopic (exact) mass is 147 g/mol. The molecule has 0 atom stereocenters. The van der Waals surface area contributed by atoms with Gasteiger partial charge in [-0.1, -0.05) is 20.8 Å². The van der Waals surface area contributed by atoms with Crippen molar-refractivity contribution in [3.05, 3.63) is 0 Å². The number of rotatable bonds is 3. The van der Waals surface area contributed by atoms with Crippen LogP contribution in [0.2, 0.25) is 5.04 Å². The molecule has 2 N–H and O–H groups in total. The normalized spacial score (nSPS) is 13.3. The van der Waals surface area contributed by atoms with Gasteiger partial charge in [0, 0.05) is 13.2 Å². The Kier molecular flexibility index (Phi) is 4.09. The Morgan fingerprint density at radius 2 is 2.00 bits per heavy atom.